The molecule has 64 heavy (non-hydrogen) atoms. The molecule has 2 saturated heterocycles. The molecule has 4 aromatic rings. The van der Waals surface area contributed by atoms with E-state index in [1.165, 1.54) is 0 Å². The summed E-state index contributed by atoms with van der Waals surface area (Å²) in [5.74, 6) is -1.65. The average molecular weight is 875 g/mol. The number of carbonyl (C=O) groups is 2. The van der Waals surface area contributed by atoms with Gasteiger partial charge in [0.15, 0.2) is 0 Å². The molecule has 2 aromatic heterocycles. The number of aromatic nitrogens is 2. The van der Waals surface area contributed by atoms with E-state index in [1.54, 1.807) is 23.4 Å². The maximum Gasteiger partial charge on any atom is 0.258 e. The first-order valence-electron chi connectivity index (χ1n) is 22.3. The second-order valence-corrected chi connectivity index (χ2v) is 16.9. The Hall–Kier alpha value is -5.48. The molecule has 2 aromatic carbocycles. The number of hydrogen-bond acceptors (Lipinski definition) is 10. The summed E-state index contributed by atoms with van der Waals surface area (Å²) < 4.78 is 13.8. The number of nitrogens with one attached hydrogen (secondary N) is 2. The third kappa shape index (κ3) is 9.35. The molecular formula is C50H62N6O8. The van der Waals surface area contributed by atoms with Gasteiger partial charge in [-0.25, -0.2) is 0 Å². The van der Waals surface area contributed by atoms with Crippen molar-refractivity contribution < 1.29 is 29.3 Å². The van der Waals surface area contributed by atoms with Crippen LogP contribution in [-0.4, -0.2) is 107 Å². The van der Waals surface area contributed by atoms with E-state index in [0.717, 1.165) is 22.5 Å². The van der Waals surface area contributed by atoms with Crippen LogP contribution in [0.4, 0.5) is 0 Å². The highest BCUT2D eigenvalue weighted by atomic mass is 16.5. The van der Waals surface area contributed by atoms with E-state index in [4.69, 9.17) is 9.47 Å². The zero-order chi connectivity index (χ0) is 45.3. The maximum atomic E-state index is 13.3. The number of hydrogen-bond donors (Lipinski definition) is 4. The van der Waals surface area contributed by atoms with E-state index < -0.39 is 11.8 Å². The normalized spacial score (nSPS) is 24.6. The van der Waals surface area contributed by atoms with Crippen molar-refractivity contribution in [1.82, 2.24) is 29.6 Å². The minimum Gasteiger partial charge on any atom is -0.396 e. The smallest absolute Gasteiger partial charge is 0.258 e. The van der Waals surface area contributed by atoms with E-state index in [0.29, 0.717) is 63.6 Å². The first kappa shape index (κ1) is 46.5. The Morgan fingerprint density at radius 3 is 1.36 bits per heavy atom. The molecule has 8 atom stereocenters. The van der Waals surface area contributed by atoms with Crippen molar-refractivity contribution in [3.05, 3.63) is 151 Å². The fourth-order valence-corrected chi connectivity index (χ4v) is 10.5. The van der Waals surface area contributed by atoms with E-state index >= 15 is 0 Å². The summed E-state index contributed by atoms with van der Waals surface area (Å²) >= 11 is 0. The number of nitrogens with zero attached hydrogens (tertiary/aromatic N) is 4. The Morgan fingerprint density at radius 1 is 0.625 bits per heavy atom. The van der Waals surface area contributed by atoms with Crippen LogP contribution in [0.5, 0.6) is 0 Å². The minimum absolute atomic E-state index is 0.0490. The molecule has 0 spiro atoms. The molecule has 14 nitrogen and oxygen atoms in total. The Kier molecular flexibility index (Phi) is 15.6. The number of benzene rings is 2. The van der Waals surface area contributed by atoms with Gasteiger partial charge in [0.1, 0.15) is 0 Å². The zero-order valence-corrected chi connectivity index (χ0v) is 37.2. The molecule has 0 radical (unpaired) electrons. The summed E-state index contributed by atoms with van der Waals surface area (Å²) in [6.07, 6.45) is 7.33. The first-order chi connectivity index (χ1) is 31.2. The predicted octanol–water partition coefficient (Wildman–Crippen LogP) is 3.62. The van der Waals surface area contributed by atoms with Crippen LogP contribution in [0.2, 0.25) is 0 Å². The van der Waals surface area contributed by atoms with Crippen LogP contribution in [0.15, 0.2) is 107 Å². The number of ether oxygens (including phenoxy) is 2. The summed E-state index contributed by atoms with van der Waals surface area (Å²) in [5.41, 5.74) is 5.11. The fourth-order valence-electron chi connectivity index (χ4n) is 10.5. The van der Waals surface area contributed by atoms with Gasteiger partial charge in [-0.05, 0) is 49.2 Å². The van der Waals surface area contributed by atoms with Crippen LogP contribution in [0, 0.1) is 23.7 Å². The molecule has 14 heteroatoms. The molecule has 6 heterocycles. The van der Waals surface area contributed by atoms with Gasteiger partial charge in [0.05, 0.1) is 37.1 Å². The molecular weight excluding hydrogens is 813 g/mol. The number of allylic oxidation sites excluding steroid dienone is 2. The number of pyridine rings is 2. The van der Waals surface area contributed by atoms with Crippen molar-refractivity contribution in [1.29, 1.82) is 0 Å². The van der Waals surface area contributed by atoms with Crippen LogP contribution in [0.3, 0.4) is 0 Å². The molecule has 4 N–H and O–H groups in total. The Labute approximate surface area is 374 Å². The summed E-state index contributed by atoms with van der Waals surface area (Å²) in [6, 6.07) is 27.0. The Bertz CT molecular complexity index is 2230. The Balaban J connectivity index is 0.000000191. The highest BCUT2D eigenvalue weighted by Gasteiger charge is 2.57. The van der Waals surface area contributed by atoms with Crippen LogP contribution in [0.25, 0.3) is 12.2 Å². The first-order valence-corrected chi connectivity index (χ1v) is 22.3. The third-order valence-corrected chi connectivity index (χ3v) is 13.3. The largest absolute Gasteiger partial charge is 0.396 e. The van der Waals surface area contributed by atoms with Gasteiger partial charge in [-0.3, -0.25) is 29.0 Å². The monoisotopic (exact) mass is 874 g/mol. The molecule has 4 bridgehead atoms. The van der Waals surface area contributed by atoms with Gasteiger partial charge < -0.3 is 39.5 Å². The fraction of sp³-hybridized carbons (Fsp3) is 0.440. The average Bonchev–Trinajstić information content (AvgIpc) is 3.64. The van der Waals surface area contributed by atoms with Gasteiger partial charge >= 0.3 is 0 Å². The lowest BCUT2D eigenvalue weighted by molar-refractivity contribution is -0.128. The quantitative estimate of drug-likeness (QED) is 0.122. The number of fused-ring (bicyclic) bond motifs is 8. The van der Waals surface area contributed by atoms with Gasteiger partial charge in [0.25, 0.3) is 11.1 Å². The summed E-state index contributed by atoms with van der Waals surface area (Å²) in [7, 11) is 3.19. The number of carbonyl (C=O) groups excluding carboxylic acids is 2. The second-order valence-electron chi connectivity index (χ2n) is 16.9. The van der Waals surface area contributed by atoms with E-state index in [2.05, 4.69) is 44.7 Å². The molecule has 2 amide bonds. The molecule has 4 aliphatic heterocycles. The molecule has 0 aliphatic carbocycles. The summed E-state index contributed by atoms with van der Waals surface area (Å²) in [6.45, 7) is 7.43. The van der Waals surface area contributed by atoms with E-state index in [1.807, 2.05) is 98.8 Å². The van der Waals surface area contributed by atoms with Crippen LogP contribution >= 0.6 is 0 Å². The molecule has 2 fully saturated rings. The highest BCUT2D eigenvalue weighted by molar-refractivity contribution is 5.81. The lowest BCUT2D eigenvalue weighted by atomic mass is 9.86. The Morgan fingerprint density at radius 2 is 1.02 bits per heavy atom. The number of aliphatic hydroxyl groups excluding tert-OH is 2. The lowest BCUT2D eigenvalue weighted by Crippen LogP contribution is -2.46. The van der Waals surface area contributed by atoms with Gasteiger partial charge in [-0.15, -0.1) is 0 Å². The number of amides is 2. The second kappa shape index (κ2) is 21.5. The van der Waals surface area contributed by atoms with E-state index in [-0.39, 0.29) is 72.1 Å². The van der Waals surface area contributed by atoms with Gasteiger partial charge in [0.2, 0.25) is 11.8 Å². The molecule has 340 valence electrons. The van der Waals surface area contributed by atoms with Gasteiger partial charge in [-0.2, -0.15) is 0 Å². The molecule has 0 saturated carbocycles. The lowest BCUT2D eigenvalue weighted by Gasteiger charge is -2.38. The summed E-state index contributed by atoms with van der Waals surface area (Å²) in [4.78, 5) is 57.5. The number of methoxy groups -OCH3 is 2. The SMILES string of the molecule is C/C=C/c1ccc2n(c1=O)C[C@@H]1[C@@H](CO)[C@H](C(=O)NCCOC)[C@H]2N1Cc1ccccc1.C/C=C\c1ccc2n(c1=O)C[C@@H]1[C@@H](CO)[C@H](C(=O)NCCOC)[C@H]2N1Cc1ccccc1. The minimum atomic E-state index is -0.453. The van der Waals surface area contributed by atoms with Gasteiger partial charge in [-0.1, -0.05) is 85.0 Å². The topological polar surface area (TPSA) is 168 Å². The van der Waals surface area contributed by atoms with Crippen molar-refractivity contribution in [3.8, 4) is 0 Å². The van der Waals surface area contributed by atoms with Crippen LogP contribution in [0.1, 0.15) is 59.6 Å². The maximum absolute atomic E-state index is 13.3. The van der Waals surface area contributed by atoms with E-state index in [9.17, 15) is 29.4 Å². The van der Waals surface area contributed by atoms with Crippen LogP contribution in [-0.2, 0) is 45.2 Å². The van der Waals surface area contributed by atoms with Crippen molar-refractivity contribution in [2.75, 3.05) is 53.7 Å². The third-order valence-electron chi connectivity index (χ3n) is 13.3. The van der Waals surface area contributed by atoms with Crippen molar-refractivity contribution >= 4 is 24.0 Å². The predicted molar refractivity (Wildman–Crippen MR) is 246 cm³/mol. The van der Waals surface area contributed by atoms with Crippen molar-refractivity contribution in [2.24, 2.45) is 23.7 Å². The van der Waals surface area contributed by atoms with Crippen molar-refractivity contribution in [2.45, 2.75) is 64.2 Å². The standard InChI is InChI=1S/2C25H31N3O4/c2*1-3-7-18-10-11-20-23-22(24(30)26-12-13-32-2)19(16-29)21(15-28(20)25(18)31)27(23)14-17-8-5-4-6-9-17/h2*3-11,19,21-23,29H,12-16H2,1-2H3,(H,26,30)/b7-3+;7-3-/t2*19-,21-,22+,23+/m11/s1. The van der Waals surface area contributed by atoms with Gasteiger partial charge in [0, 0.05) is 113 Å². The highest BCUT2D eigenvalue weighted by Crippen LogP contribution is 2.50. The number of rotatable bonds is 16. The number of aliphatic hydroxyl groups is 2. The van der Waals surface area contributed by atoms with Crippen LogP contribution < -0.4 is 21.8 Å². The van der Waals surface area contributed by atoms with Crippen molar-refractivity contribution in [3.63, 3.8) is 0 Å². The molecule has 4 aliphatic rings. The molecule has 0 unspecified atom stereocenters. The zero-order valence-electron chi connectivity index (χ0n) is 37.2. The summed E-state index contributed by atoms with van der Waals surface area (Å²) in [5, 5.41) is 26.6. The molecule has 8 rings (SSSR count).